The summed E-state index contributed by atoms with van der Waals surface area (Å²) in [5.74, 6) is 0.867. The minimum atomic E-state index is -5.22. The van der Waals surface area contributed by atoms with Crippen molar-refractivity contribution in [2.75, 3.05) is 20.6 Å². The molecule has 3 aromatic rings. The molecule has 0 amide bonds. The third kappa shape index (κ3) is 5.86. The van der Waals surface area contributed by atoms with E-state index in [1.807, 2.05) is 20.2 Å². The SMILES string of the molecule is CN(C)CC1CCc2cc(OCc3ccc(-c4ccccc4)c(C(F)(F)F)c3C(F)(F)F)ccc2C1. The summed E-state index contributed by atoms with van der Waals surface area (Å²) in [4.78, 5) is 2.14. The van der Waals surface area contributed by atoms with Gasteiger partial charge in [-0.3, -0.25) is 0 Å². The molecular weight excluding hydrogens is 480 g/mol. The molecule has 0 aliphatic heterocycles. The zero-order valence-electron chi connectivity index (χ0n) is 20.0. The van der Waals surface area contributed by atoms with Crippen LogP contribution in [0.25, 0.3) is 11.1 Å². The molecule has 0 heterocycles. The highest BCUT2D eigenvalue weighted by Gasteiger charge is 2.46. The van der Waals surface area contributed by atoms with Gasteiger partial charge in [0.05, 0.1) is 11.1 Å². The Balaban J connectivity index is 1.65. The van der Waals surface area contributed by atoms with Crippen molar-refractivity contribution in [1.82, 2.24) is 4.90 Å². The highest BCUT2D eigenvalue weighted by atomic mass is 19.4. The Kier molecular flexibility index (Phi) is 7.36. The van der Waals surface area contributed by atoms with Gasteiger partial charge in [0.25, 0.3) is 0 Å². The van der Waals surface area contributed by atoms with Crippen molar-refractivity contribution in [3.8, 4) is 16.9 Å². The summed E-state index contributed by atoms with van der Waals surface area (Å²) in [7, 11) is 4.05. The Bertz CT molecular complexity index is 1200. The van der Waals surface area contributed by atoms with Crippen molar-refractivity contribution >= 4 is 0 Å². The van der Waals surface area contributed by atoms with Crippen LogP contribution in [0.1, 0.15) is 34.2 Å². The van der Waals surface area contributed by atoms with Gasteiger partial charge in [0.1, 0.15) is 12.4 Å². The largest absolute Gasteiger partial charge is 0.489 e. The second-order valence-corrected chi connectivity index (χ2v) is 9.47. The van der Waals surface area contributed by atoms with Gasteiger partial charge < -0.3 is 9.64 Å². The highest BCUT2D eigenvalue weighted by Crippen LogP contribution is 2.47. The number of nitrogens with zero attached hydrogens (tertiary/aromatic N) is 1. The van der Waals surface area contributed by atoms with Gasteiger partial charge in [-0.2, -0.15) is 26.3 Å². The number of alkyl halides is 6. The molecule has 8 heteroatoms. The van der Waals surface area contributed by atoms with Crippen molar-refractivity contribution in [3.63, 3.8) is 0 Å². The van der Waals surface area contributed by atoms with Crippen molar-refractivity contribution in [2.45, 2.75) is 38.2 Å². The number of rotatable bonds is 6. The first kappa shape index (κ1) is 26.1. The number of benzene rings is 3. The van der Waals surface area contributed by atoms with Crippen LogP contribution in [0.5, 0.6) is 5.75 Å². The number of fused-ring (bicyclic) bond motifs is 1. The van der Waals surface area contributed by atoms with Crippen LogP contribution < -0.4 is 4.74 Å². The smallest absolute Gasteiger partial charge is 0.417 e. The van der Waals surface area contributed by atoms with Crippen LogP contribution in [-0.2, 0) is 31.8 Å². The first-order chi connectivity index (χ1) is 16.9. The average Bonchev–Trinajstić information content (AvgIpc) is 2.81. The summed E-state index contributed by atoms with van der Waals surface area (Å²) in [6, 6.07) is 14.8. The summed E-state index contributed by atoms with van der Waals surface area (Å²) in [5.41, 5.74) is -2.18. The van der Waals surface area contributed by atoms with Crippen molar-refractivity contribution in [2.24, 2.45) is 5.92 Å². The lowest BCUT2D eigenvalue weighted by Gasteiger charge is -2.27. The van der Waals surface area contributed by atoms with E-state index in [1.54, 1.807) is 18.2 Å². The second-order valence-electron chi connectivity index (χ2n) is 9.47. The zero-order chi connectivity index (χ0) is 26.1. The molecule has 1 unspecified atom stereocenters. The van der Waals surface area contributed by atoms with Crippen LogP contribution in [-0.4, -0.2) is 25.5 Å². The van der Waals surface area contributed by atoms with E-state index in [4.69, 9.17) is 4.74 Å². The van der Waals surface area contributed by atoms with Crippen LogP contribution in [0.15, 0.2) is 60.7 Å². The van der Waals surface area contributed by atoms with Gasteiger partial charge in [0.15, 0.2) is 0 Å². The molecule has 36 heavy (non-hydrogen) atoms. The molecule has 0 fully saturated rings. The molecule has 1 aliphatic carbocycles. The van der Waals surface area contributed by atoms with Gasteiger partial charge in [-0.1, -0.05) is 48.5 Å². The van der Waals surface area contributed by atoms with E-state index in [0.717, 1.165) is 43.5 Å². The molecule has 1 aliphatic rings. The Morgan fingerprint density at radius 2 is 1.53 bits per heavy atom. The number of halogens is 6. The van der Waals surface area contributed by atoms with E-state index in [1.165, 1.54) is 29.8 Å². The van der Waals surface area contributed by atoms with E-state index < -0.39 is 41.2 Å². The van der Waals surface area contributed by atoms with E-state index in [9.17, 15) is 26.3 Å². The van der Waals surface area contributed by atoms with Gasteiger partial charge in [-0.05, 0) is 73.7 Å². The number of ether oxygens (including phenoxy) is 1. The molecule has 0 spiro atoms. The standard InChI is InChI=1S/C28H27F6NO/c1-35(2)16-18-8-9-21-15-23(12-10-20(21)14-18)36-17-22-11-13-24(19-6-4-3-5-7-19)26(28(32,33)34)25(22)27(29,30)31/h3-7,10-13,15,18H,8-9,14,16-17H2,1-2H3. The fraction of sp³-hybridized carbons (Fsp3) is 0.357. The van der Waals surface area contributed by atoms with Crippen LogP contribution in [0, 0.1) is 5.92 Å². The zero-order valence-corrected chi connectivity index (χ0v) is 20.0. The van der Waals surface area contributed by atoms with Crippen LogP contribution in [0.4, 0.5) is 26.3 Å². The molecule has 4 rings (SSSR count). The summed E-state index contributed by atoms with van der Waals surface area (Å²) in [5, 5.41) is 0. The predicted molar refractivity (Wildman–Crippen MR) is 127 cm³/mol. The van der Waals surface area contributed by atoms with Gasteiger partial charge in [-0.25, -0.2) is 0 Å². The van der Waals surface area contributed by atoms with Crippen molar-refractivity contribution < 1.29 is 31.1 Å². The van der Waals surface area contributed by atoms with Crippen molar-refractivity contribution in [1.29, 1.82) is 0 Å². The van der Waals surface area contributed by atoms with Gasteiger partial charge in [0, 0.05) is 12.1 Å². The second kappa shape index (κ2) is 10.2. The fourth-order valence-electron chi connectivity index (χ4n) is 4.97. The maximum absolute atomic E-state index is 14.1. The molecule has 192 valence electrons. The fourth-order valence-corrected chi connectivity index (χ4v) is 4.97. The molecule has 0 aromatic heterocycles. The minimum Gasteiger partial charge on any atom is -0.489 e. The monoisotopic (exact) mass is 507 g/mol. The Morgan fingerprint density at radius 3 is 2.17 bits per heavy atom. The van der Waals surface area contributed by atoms with Crippen LogP contribution >= 0.6 is 0 Å². The number of hydrogen-bond donors (Lipinski definition) is 0. The van der Waals surface area contributed by atoms with Gasteiger partial charge in [0.2, 0.25) is 0 Å². The topological polar surface area (TPSA) is 12.5 Å². The van der Waals surface area contributed by atoms with E-state index in [2.05, 4.69) is 4.90 Å². The summed E-state index contributed by atoms with van der Waals surface area (Å²) in [6.45, 7) is 0.341. The van der Waals surface area contributed by atoms with Gasteiger partial charge >= 0.3 is 12.4 Å². The Hall–Kier alpha value is -3.00. The van der Waals surface area contributed by atoms with Crippen LogP contribution in [0.2, 0.25) is 0 Å². The molecule has 0 saturated heterocycles. The third-order valence-corrected chi connectivity index (χ3v) is 6.47. The number of aryl methyl sites for hydroxylation is 1. The molecule has 3 aromatic carbocycles. The lowest BCUT2D eigenvalue weighted by atomic mass is 9.83. The first-order valence-corrected chi connectivity index (χ1v) is 11.7. The summed E-state index contributed by atoms with van der Waals surface area (Å²) >= 11 is 0. The van der Waals surface area contributed by atoms with E-state index >= 15 is 0 Å². The van der Waals surface area contributed by atoms with Crippen molar-refractivity contribution in [3.05, 3.63) is 88.5 Å². The van der Waals surface area contributed by atoms with E-state index in [0.29, 0.717) is 11.7 Å². The van der Waals surface area contributed by atoms with Gasteiger partial charge in [-0.15, -0.1) is 0 Å². The Labute approximate surface area is 206 Å². The highest BCUT2D eigenvalue weighted by molar-refractivity contribution is 5.71. The third-order valence-electron chi connectivity index (χ3n) is 6.47. The molecule has 1 atom stereocenters. The predicted octanol–water partition coefficient (Wildman–Crippen LogP) is 7.64. The lowest BCUT2D eigenvalue weighted by Crippen LogP contribution is -2.26. The molecule has 0 N–H and O–H groups in total. The van der Waals surface area contributed by atoms with E-state index in [-0.39, 0.29) is 5.56 Å². The molecule has 0 saturated carbocycles. The first-order valence-electron chi connectivity index (χ1n) is 11.7. The molecule has 0 radical (unpaired) electrons. The quantitative estimate of drug-likeness (QED) is 0.318. The maximum atomic E-state index is 14.1. The Morgan fingerprint density at radius 1 is 0.833 bits per heavy atom. The summed E-state index contributed by atoms with van der Waals surface area (Å²) in [6.07, 6.45) is -7.71. The normalized spacial score (nSPS) is 16.2. The summed E-state index contributed by atoms with van der Waals surface area (Å²) < 4.78 is 89.9. The molecule has 0 bridgehead atoms. The average molecular weight is 508 g/mol. The lowest BCUT2D eigenvalue weighted by molar-refractivity contribution is -0.162. The molecular formula is C28H27F6NO. The van der Waals surface area contributed by atoms with Crippen LogP contribution in [0.3, 0.4) is 0 Å². The molecule has 2 nitrogen and oxygen atoms in total. The maximum Gasteiger partial charge on any atom is 0.417 e. The number of hydrogen-bond acceptors (Lipinski definition) is 2. The minimum absolute atomic E-state index is 0.0602.